The molecule has 0 radical (unpaired) electrons. The third kappa shape index (κ3) is 4.90. The number of hydrogen-bond acceptors (Lipinski definition) is 8. The van der Waals surface area contributed by atoms with Crippen molar-refractivity contribution in [2.45, 2.75) is 104 Å². The second-order valence-electron chi connectivity index (χ2n) is 11.5. The molecule has 8 nitrogen and oxygen atoms in total. The Labute approximate surface area is 213 Å². The highest BCUT2D eigenvalue weighted by molar-refractivity contribution is 5.65. The van der Waals surface area contributed by atoms with E-state index >= 15 is 0 Å². The quantitative estimate of drug-likeness (QED) is 0.381. The summed E-state index contributed by atoms with van der Waals surface area (Å²) in [4.78, 5) is 11.3. The average Bonchev–Trinajstić information content (AvgIpc) is 3.36. The number of rotatable bonds is 7. The number of allylic oxidation sites excluding steroid dienone is 1. The zero-order chi connectivity index (χ0) is 26.3. The van der Waals surface area contributed by atoms with Crippen LogP contribution in [0, 0.1) is 22.7 Å². The molecular formula is C28H42O8. The van der Waals surface area contributed by atoms with Crippen LogP contribution in [0.5, 0.6) is 0 Å². The summed E-state index contributed by atoms with van der Waals surface area (Å²) < 4.78 is 22.7. The van der Waals surface area contributed by atoms with Crippen LogP contribution in [0.1, 0.15) is 65.9 Å². The van der Waals surface area contributed by atoms with E-state index in [0.717, 1.165) is 32.1 Å². The first kappa shape index (κ1) is 27.3. The summed E-state index contributed by atoms with van der Waals surface area (Å²) in [5.41, 5.74) is 2.26. The van der Waals surface area contributed by atoms with Crippen LogP contribution in [0.15, 0.2) is 34.7 Å². The van der Waals surface area contributed by atoms with Crippen molar-refractivity contribution in [1.29, 1.82) is 0 Å². The van der Waals surface area contributed by atoms with Gasteiger partial charge in [-0.15, -0.1) is 0 Å². The van der Waals surface area contributed by atoms with E-state index in [0.29, 0.717) is 11.8 Å². The molecule has 2 aliphatic carbocycles. The summed E-state index contributed by atoms with van der Waals surface area (Å²) in [6.07, 6.45) is 3.95. The lowest BCUT2D eigenvalue weighted by Gasteiger charge is -2.61. The Kier molecular flexibility index (Phi) is 8.03. The lowest BCUT2D eigenvalue weighted by atomic mass is 9.46. The summed E-state index contributed by atoms with van der Waals surface area (Å²) in [6, 6.07) is 2.03. The van der Waals surface area contributed by atoms with E-state index in [1.807, 2.05) is 12.3 Å². The molecule has 8 heteroatoms. The summed E-state index contributed by atoms with van der Waals surface area (Å²) in [5.74, 6) is 0.174. The van der Waals surface area contributed by atoms with Crippen LogP contribution in [-0.4, -0.2) is 64.7 Å². The fraction of sp³-hybridized carbons (Fsp3) is 0.750. The first-order valence-corrected chi connectivity index (χ1v) is 13.1. The van der Waals surface area contributed by atoms with Crippen molar-refractivity contribution >= 4 is 5.97 Å². The number of aliphatic hydroxyl groups excluding tert-OH is 3. The Bertz CT molecular complexity index is 928. The summed E-state index contributed by atoms with van der Waals surface area (Å²) in [7, 11) is 0. The number of aryl methyl sites for hydroxylation is 1. The third-order valence-electron chi connectivity index (χ3n) is 9.59. The van der Waals surface area contributed by atoms with Crippen LogP contribution in [0.2, 0.25) is 0 Å². The maximum absolute atomic E-state index is 11.3. The molecule has 4 rings (SSSR count). The average molecular weight is 507 g/mol. The number of fused-ring (bicyclic) bond motifs is 1. The van der Waals surface area contributed by atoms with Crippen LogP contribution in [-0.2, 0) is 25.4 Å². The number of esters is 1. The molecule has 0 amide bonds. The van der Waals surface area contributed by atoms with Crippen molar-refractivity contribution in [3.05, 3.63) is 35.8 Å². The molecule has 0 aromatic carbocycles. The van der Waals surface area contributed by atoms with Gasteiger partial charge in [-0.1, -0.05) is 32.4 Å². The van der Waals surface area contributed by atoms with Crippen molar-refractivity contribution in [3.63, 3.8) is 0 Å². The lowest BCUT2D eigenvalue weighted by Crippen LogP contribution is -2.63. The first-order chi connectivity index (χ1) is 17.0. The fourth-order valence-electron chi connectivity index (χ4n) is 6.93. The minimum Gasteiger partial charge on any atom is -0.472 e. The molecule has 3 N–H and O–H groups in total. The van der Waals surface area contributed by atoms with Gasteiger partial charge in [-0.25, -0.2) is 0 Å². The van der Waals surface area contributed by atoms with E-state index in [1.54, 1.807) is 6.26 Å². The van der Waals surface area contributed by atoms with Gasteiger partial charge in [0.15, 0.2) is 6.29 Å². The van der Waals surface area contributed by atoms with Gasteiger partial charge < -0.3 is 33.9 Å². The van der Waals surface area contributed by atoms with Gasteiger partial charge in [0.25, 0.3) is 0 Å². The van der Waals surface area contributed by atoms with Gasteiger partial charge >= 0.3 is 5.97 Å². The van der Waals surface area contributed by atoms with Gasteiger partial charge in [0, 0.05) is 12.3 Å². The van der Waals surface area contributed by atoms with Crippen LogP contribution in [0.4, 0.5) is 0 Å². The smallest absolute Gasteiger partial charge is 0.302 e. The van der Waals surface area contributed by atoms with Crippen molar-refractivity contribution < 1.29 is 38.7 Å². The topological polar surface area (TPSA) is 119 Å². The zero-order valence-electron chi connectivity index (χ0n) is 22.1. The van der Waals surface area contributed by atoms with E-state index < -0.39 is 36.7 Å². The number of ether oxygens (including phenoxy) is 3. The largest absolute Gasteiger partial charge is 0.472 e. The maximum atomic E-state index is 11.3. The monoisotopic (exact) mass is 506 g/mol. The zero-order valence-corrected chi connectivity index (χ0v) is 22.1. The molecule has 1 aromatic heterocycles. The van der Waals surface area contributed by atoms with Gasteiger partial charge in [-0.05, 0) is 67.9 Å². The lowest BCUT2D eigenvalue weighted by molar-refractivity contribution is -0.327. The first-order valence-electron chi connectivity index (χ1n) is 13.1. The third-order valence-corrected chi connectivity index (χ3v) is 9.59. The molecule has 36 heavy (non-hydrogen) atoms. The van der Waals surface area contributed by atoms with Crippen LogP contribution in [0.25, 0.3) is 0 Å². The second kappa shape index (κ2) is 10.6. The minimum atomic E-state index is -1.47. The predicted molar refractivity (Wildman–Crippen MR) is 132 cm³/mol. The molecule has 2 heterocycles. The molecule has 1 aliphatic heterocycles. The molecule has 202 valence electrons. The molecule has 2 fully saturated rings. The Morgan fingerprint density at radius 1 is 1.19 bits per heavy atom. The Balaban J connectivity index is 1.57. The van der Waals surface area contributed by atoms with Crippen molar-refractivity contribution in [2.75, 3.05) is 6.61 Å². The molecule has 0 spiro atoms. The van der Waals surface area contributed by atoms with Gasteiger partial charge in [0.2, 0.25) is 0 Å². The summed E-state index contributed by atoms with van der Waals surface area (Å²) in [6.45, 7) is 10.1. The maximum Gasteiger partial charge on any atom is 0.302 e. The highest BCUT2D eigenvalue weighted by Gasteiger charge is 2.59. The van der Waals surface area contributed by atoms with Crippen molar-refractivity contribution in [2.24, 2.45) is 22.7 Å². The van der Waals surface area contributed by atoms with Gasteiger partial charge in [0.1, 0.15) is 31.0 Å². The van der Waals surface area contributed by atoms with E-state index in [2.05, 4.69) is 33.8 Å². The highest BCUT2D eigenvalue weighted by atomic mass is 16.7. The highest BCUT2D eigenvalue weighted by Crippen LogP contribution is 2.62. The molecule has 0 bridgehead atoms. The number of furan rings is 1. The number of carbonyl (C=O) groups excluding carboxylic acids is 1. The second-order valence-corrected chi connectivity index (χ2v) is 11.5. The van der Waals surface area contributed by atoms with E-state index in [4.69, 9.17) is 18.6 Å². The van der Waals surface area contributed by atoms with E-state index in [-0.39, 0.29) is 23.5 Å². The van der Waals surface area contributed by atoms with Crippen LogP contribution < -0.4 is 0 Å². The molecule has 1 aromatic rings. The fourth-order valence-corrected chi connectivity index (χ4v) is 6.93. The molecular weight excluding hydrogens is 464 g/mol. The number of carbonyl (C=O) groups is 1. The Morgan fingerprint density at radius 2 is 1.94 bits per heavy atom. The van der Waals surface area contributed by atoms with Gasteiger partial charge in [-0.3, -0.25) is 4.79 Å². The van der Waals surface area contributed by atoms with E-state index in [1.165, 1.54) is 18.1 Å². The Morgan fingerprint density at radius 3 is 2.61 bits per heavy atom. The standard InChI is InChI=1S/C28H42O8/c1-16-7-6-8-21-27(4,11-9-19-10-12-33-14-19)17(2)13-22(28(16,21)5)36-26-25(32)24(31)23(30)20(35-26)15-34-18(3)29/h7,10,12,14,17,20-26,30-32H,6,8-9,11,13,15H2,1-5H3/t17-,20-,21-,22+,23-,24+,25-,26+,27+,28+/m1/s1. The predicted octanol–water partition coefficient (Wildman–Crippen LogP) is 3.38. The van der Waals surface area contributed by atoms with Crippen molar-refractivity contribution in [1.82, 2.24) is 0 Å². The molecule has 10 atom stereocenters. The molecule has 1 saturated heterocycles. The summed E-state index contributed by atoms with van der Waals surface area (Å²) >= 11 is 0. The summed E-state index contributed by atoms with van der Waals surface area (Å²) in [5, 5.41) is 31.6. The minimum absolute atomic E-state index is 0.0704. The molecule has 1 saturated carbocycles. The SMILES string of the molecule is CC(=O)OC[C@H]1O[C@@H](O[C@H]2C[C@@H](C)[C@](C)(CCc3ccoc3)[C@H]3CCC=C(C)[C@]23C)[C@H](O)[C@@H](O)[C@@H]1O. The van der Waals surface area contributed by atoms with Crippen molar-refractivity contribution in [3.8, 4) is 0 Å². The number of aliphatic hydroxyl groups is 3. The van der Waals surface area contributed by atoms with Gasteiger partial charge in [-0.2, -0.15) is 0 Å². The van der Waals surface area contributed by atoms with Crippen LogP contribution >= 0.6 is 0 Å². The van der Waals surface area contributed by atoms with Crippen LogP contribution in [0.3, 0.4) is 0 Å². The Hall–Kier alpha value is -1.71. The molecule has 0 unspecified atom stereocenters. The van der Waals surface area contributed by atoms with Gasteiger partial charge in [0.05, 0.1) is 18.6 Å². The van der Waals surface area contributed by atoms with E-state index in [9.17, 15) is 20.1 Å². The number of hydrogen-bond donors (Lipinski definition) is 3. The molecule has 3 aliphatic rings. The normalized spacial score (nSPS) is 42.9.